The van der Waals surface area contributed by atoms with Crippen LogP contribution in [0, 0.1) is 11.8 Å². The van der Waals surface area contributed by atoms with Gasteiger partial charge in [-0.25, -0.2) is 9.36 Å². The van der Waals surface area contributed by atoms with Crippen molar-refractivity contribution in [3.63, 3.8) is 0 Å². The van der Waals surface area contributed by atoms with Gasteiger partial charge in [0.25, 0.3) is 5.56 Å². The molecule has 0 fully saturated rings. The van der Waals surface area contributed by atoms with E-state index in [9.17, 15) is 9.59 Å². The number of anilines is 2. The van der Waals surface area contributed by atoms with E-state index in [-0.39, 0.29) is 16.3 Å². The van der Waals surface area contributed by atoms with Gasteiger partial charge < -0.3 is 14.4 Å². The minimum absolute atomic E-state index is 0.259. The Kier molecular flexibility index (Phi) is 4.35. The summed E-state index contributed by atoms with van der Waals surface area (Å²) in [5.74, 6) is 6.99. The summed E-state index contributed by atoms with van der Waals surface area (Å²) < 4.78 is 4.62. The molecule has 7 nitrogen and oxygen atoms in total. The lowest BCUT2D eigenvalue weighted by Gasteiger charge is -2.23. The minimum atomic E-state index is -0.385. The molecule has 0 saturated heterocycles. The normalized spacial score (nSPS) is 15.7. The van der Waals surface area contributed by atoms with Gasteiger partial charge in [0.2, 0.25) is 0 Å². The maximum Gasteiger partial charge on any atom is 0.338 e. The van der Waals surface area contributed by atoms with Crippen LogP contribution in [0.15, 0.2) is 39.9 Å². The van der Waals surface area contributed by atoms with Crippen molar-refractivity contribution < 1.29 is 0 Å². The molecule has 1 unspecified atom stereocenters. The SMILES string of the molecule is CC#CCN1c2c(n(C)c(=O)n(-c3cc4ccccc4n3C)c2=O)N(C)C1Br. The first-order chi connectivity index (χ1) is 13.4. The molecule has 2 aromatic heterocycles. The molecular formula is C20H20BrN5O2. The summed E-state index contributed by atoms with van der Waals surface area (Å²) in [5.41, 5.74) is 0.677. The Morgan fingerprint density at radius 2 is 1.82 bits per heavy atom. The summed E-state index contributed by atoms with van der Waals surface area (Å²) in [7, 11) is 5.39. The van der Waals surface area contributed by atoms with E-state index in [2.05, 4.69) is 27.8 Å². The molecule has 1 aliphatic heterocycles. The zero-order valence-electron chi connectivity index (χ0n) is 16.1. The topological polar surface area (TPSA) is 55.4 Å². The number of aryl methyl sites for hydroxylation is 1. The quantitative estimate of drug-likeness (QED) is 0.346. The summed E-state index contributed by atoms with van der Waals surface area (Å²) >= 11 is 3.61. The fourth-order valence-electron chi connectivity index (χ4n) is 3.77. The standard InChI is InChI=1S/C20H20BrN5O2/c1-5-6-11-25-16-17(23(3)19(25)21)24(4)20(28)26(18(16)27)15-12-13-9-7-8-10-14(13)22(15)2/h7-10,12,19H,11H2,1-4H3. The van der Waals surface area contributed by atoms with Gasteiger partial charge in [-0.1, -0.05) is 24.1 Å². The molecule has 28 heavy (non-hydrogen) atoms. The van der Waals surface area contributed by atoms with Crippen molar-refractivity contribution in [2.75, 3.05) is 23.4 Å². The van der Waals surface area contributed by atoms with Crippen LogP contribution in [0.5, 0.6) is 0 Å². The lowest BCUT2D eigenvalue weighted by molar-refractivity contribution is 0.711. The van der Waals surface area contributed by atoms with Gasteiger partial charge >= 0.3 is 5.69 Å². The first-order valence-electron chi connectivity index (χ1n) is 8.82. The number of hydrogen-bond donors (Lipinski definition) is 0. The van der Waals surface area contributed by atoms with Crippen LogP contribution in [0.3, 0.4) is 0 Å². The predicted octanol–water partition coefficient (Wildman–Crippen LogP) is 1.99. The van der Waals surface area contributed by atoms with Crippen molar-refractivity contribution in [3.05, 3.63) is 51.2 Å². The van der Waals surface area contributed by atoms with Crippen molar-refractivity contribution in [3.8, 4) is 17.7 Å². The fraction of sp³-hybridized carbons (Fsp3) is 0.300. The second kappa shape index (κ2) is 6.60. The zero-order chi connectivity index (χ0) is 20.2. The highest BCUT2D eigenvalue weighted by molar-refractivity contribution is 9.09. The lowest BCUT2D eigenvalue weighted by Crippen LogP contribution is -2.41. The molecule has 1 atom stereocenters. The van der Waals surface area contributed by atoms with E-state index in [1.54, 1.807) is 14.0 Å². The van der Waals surface area contributed by atoms with Gasteiger partial charge in [-0.15, -0.1) is 5.92 Å². The third kappa shape index (κ3) is 2.43. The van der Waals surface area contributed by atoms with E-state index in [0.29, 0.717) is 23.9 Å². The molecule has 144 valence electrons. The van der Waals surface area contributed by atoms with Gasteiger partial charge in [0, 0.05) is 32.0 Å². The summed E-state index contributed by atoms with van der Waals surface area (Å²) in [5, 5.41) is 0.712. The van der Waals surface area contributed by atoms with E-state index >= 15 is 0 Å². The molecular weight excluding hydrogens is 422 g/mol. The highest BCUT2D eigenvalue weighted by atomic mass is 79.9. The first kappa shape index (κ1) is 18.4. The van der Waals surface area contributed by atoms with Gasteiger partial charge in [0.05, 0.1) is 6.54 Å². The molecule has 0 N–H and O–H groups in total. The van der Waals surface area contributed by atoms with E-state index in [0.717, 1.165) is 10.9 Å². The maximum atomic E-state index is 13.5. The van der Waals surface area contributed by atoms with Crippen molar-refractivity contribution >= 4 is 38.3 Å². The number of hydrogen-bond acceptors (Lipinski definition) is 4. The Labute approximate surface area is 170 Å². The Balaban J connectivity index is 2.06. The van der Waals surface area contributed by atoms with Crippen LogP contribution < -0.4 is 21.0 Å². The Hall–Kier alpha value is -2.92. The van der Waals surface area contributed by atoms with E-state index in [1.165, 1.54) is 9.13 Å². The Bertz CT molecular complexity index is 1270. The van der Waals surface area contributed by atoms with Crippen LogP contribution in [-0.4, -0.2) is 32.4 Å². The van der Waals surface area contributed by atoms with Crippen molar-refractivity contribution in [2.45, 2.75) is 12.0 Å². The average Bonchev–Trinajstić information content (AvgIpc) is 3.14. The summed E-state index contributed by atoms with van der Waals surface area (Å²) in [6.45, 7) is 2.14. The molecule has 3 heterocycles. The van der Waals surface area contributed by atoms with Crippen LogP contribution in [0.1, 0.15) is 6.92 Å². The molecule has 4 rings (SSSR count). The van der Waals surface area contributed by atoms with Crippen LogP contribution in [0.2, 0.25) is 0 Å². The number of rotatable bonds is 2. The molecule has 3 aromatic rings. The monoisotopic (exact) mass is 441 g/mol. The Morgan fingerprint density at radius 3 is 2.50 bits per heavy atom. The summed E-state index contributed by atoms with van der Waals surface area (Å²) in [4.78, 5) is 30.4. The highest BCUT2D eigenvalue weighted by Gasteiger charge is 2.37. The van der Waals surface area contributed by atoms with Crippen LogP contribution in [0.4, 0.5) is 11.5 Å². The van der Waals surface area contributed by atoms with Gasteiger partial charge in [-0.05, 0) is 35.0 Å². The molecule has 8 heteroatoms. The predicted molar refractivity (Wildman–Crippen MR) is 116 cm³/mol. The maximum absolute atomic E-state index is 13.5. The van der Waals surface area contributed by atoms with E-state index < -0.39 is 0 Å². The third-order valence-electron chi connectivity index (χ3n) is 5.19. The average molecular weight is 442 g/mol. The number of halogens is 1. The molecule has 0 aliphatic carbocycles. The number of fused-ring (bicyclic) bond motifs is 2. The number of nitrogens with zero attached hydrogens (tertiary/aromatic N) is 5. The molecule has 0 spiro atoms. The Morgan fingerprint density at radius 1 is 1.11 bits per heavy atom. The highest BCUT2D eigenvalue weighted by Crippen LogP contribution is 2.37. The number of alkyl halides is 1. The first-order valence-corrected chi connectivity index (χ1v) is 9.74. The molecule has 1 aromatic carbocycles. The largest absolute Gasteiger partial charge is 0.338 e. The zero-order valence-corrected chi connectivity index (χ0v) is 17.7. The third-order valence-corrected chi connectivity index (χ3v) is 6.30. The summed E-state index contributed by atoms with van der Waals surface area (Å²) in [6.07, 6.45) is 0. The minimum Gasteiger partial charge on any atom is -0.330 e. The molecule has 1 aliphatic rings. The molecule has 0 amide bonds. The van der Waals surface area contributed by atoms with E-state index in [1.807, 2.05) is 58.8 Å². The van der Waals surface area contributed by atoms with Crippen molar-refractivity contribution in [1.29, 1.82) is 0 Å². The van der Waals surface area contributed by atoms with Crippen LogP contribution in [0.25, 0.3) is 16.7 Å². The van der Waals surface area contributed by atoms with Gasteiger partial charge in [0.1, 0.15) is 17.3 Å². The molecule has 0 saturated carbocycles. The van der Waals surface area contributed by atoms with Crippen LogP contribution >= 0.6 is 15.9 Å². The number of aromatic nitrogens is 3. The lowest BCUT2D eigenvalue weighted by atomic mass is 10.2. The van der Waals surface area contributed by atoms with Crippen molar-refractivity contribution in [1.82, 2.24) is 13.7 Å². The fourth-order valence-corrected chi connectivity index (χ4v) is 4.31. The van der Waals surface area contributed by atoms with Gasteiger partial charge in [0.15, 0.2) is 5.08 Å². The van der Waals surface area contributed by atoms with Gasteiger partial charge in [-0.3, -0.25) is 9.36 Å². The van der Waals surface area contributed by atoms with Gasteiger partial charge in [-0.2, -0.15) is 0 Å². The molecule has 0 bridgehead atoms. The van der Waals surface area contributed by atoms with Crippen LogP contribution in [-0.2, 0) is 14.1 Å². The van der Waals surface area contributed by atoms with E-state index in [4.69, 9.17) is 0 Å². The van der Waals surface area contributed by atoms with Crippen molar-refractivity contribution in [2.24, 2.45) is 14.1 Å². The smallest absolute Gasteiger partial charge is 0.330 e. The summed E-state index contributed by atoms with van der Waals surface area (Å²) in [6, 6.07) is 9.67. The number of para-hydroxylation sites is 1. The second-order valence-corrected chi connectivity index (χ2v) is 7.57. The molecule has 0 radical (unpaired) electrons. The number of benzene rings is 1. The second-order valence-electron chi connectivity index (χ2n) is 6.75.